The van der Waals surface area contributed by atoms with Crippen LogP contribution in [-0.2, 0) is 16.1 Å². The third kappa shape index (κ3) is 5.65. The molecule has 11 heteroatoms. The number of carbonyl (C=O) groups is 3. The Morgan fingerprint density at radius 2 is 1.94 bits per heavy atom. The van der Waals surface area contributed by atoms with Crippen molar-refractivity contribution >= 4 is 35.0 Å². The SMILES string of the molecule is C[C@@H]1CCC[C@H](NC(=O)c2cn(-c3cccc(Cl)c3F)nn2)C(=O)NCc2ccccc2NC1=O. The molecule has 3 N–H and O–H groups in total. The average Bonchev–Trinajstić information content (AvgIpc) is 3.34. The van der Waals surface area contributed by atoms with Crippen LogP contribution in [0, 0.1) is 11.7 Å². The fraction of sp³-hybridized carbons (Fsp3) is 0.292. The quantitative estimate of drug-likeness (QED) is 0.512. The van der Waals surface area contributed by atoms with E-state index in [1.807, 2.05) is 25.1 Å². The molecular formula is C24H24ClFN6O3. The maximum absolute atomic E-state index is 14.3. The van der Waals surface area contributed by atoms with Gasteiger partial charge in [-0.3, -0.25) is 14.4 Å². The lowest BCUT2D eigenvalue weighted by Gasteiger charge is -2.21. The molecule has 1 aliphatic heterocycles. The van der Waals surface area contributed by atoms with E-state index in [-0.39, 0.29) is 40.7 Å². The molecular weight excluding hydrogens is 475 g/mol. The summed E-state index contributed by atoms with van der Waals surface area (Å²) in [6.45, 7) is 2.00. The van der Waals surface area contributed by atoms with Crippen molar-refractivity contribution < 1.29 is 18.8 Å². The van der Waals surface area contributed by atoms with Gasteiger partial charge in [-0.2, -0.15) is 0 Å². The van der Waals surface area contributed by atoms with Crippen molar-refractivity contribution in [3.63, 3.8) is 0 Å². The van der Waals surface area contributed by atoms with Crippen LogP contribution >= 0.6 is 11.6 Å². The van der Waals surface area contributed by atoms with Gasteiger partial charge in [0.15, 0.2) is 11.5 Å². The predicted molar refractivity (Wildman–Crippen MR) is 128 cm³/mol. The molecule has 1 aliphatic rings. The van der Waals surface area contributed by atoms with Gasteiger partial charge in [-0.25, -0.2) is 9.07 Å². The number of hydrogen-bond acceptors (Lipinski definition) is 5. The van der Waals surface area contributed by atoms with Crippen molar-refractivity contribution in [2.24, 2.45) is 5.92 Å². The molecule has 0 unspecified atom stereocenters. The molecule has 3 aromatic rings. The van der Waals surface area contributed by atoms with Gasteiger partial charge in [0, 0.05) is 18.2 Å². The number of fused-ring (bicyclic) bond motifs is 1. The summed E-state index contributed by atoms with van der Waals surface area (Å²) in [4.78, 5) is 38.3. The highest BCUT2D eigenvalue weighted by molar-refractivity contribution is 6.30. The van der Waals surface area contributed by atoms with Crippen molar-refractivity contribution in [2.45, 2.75) is 38.8 Å². The molecule has 0 saturated carbocycles. The highest BCUT2D eigenvalue weighted by atomic mass is 35.5. The molecule has 3 amide bonds. The van der Waals surface area contributed by atoms with Crippen molar-refractivity contribution in [1.82, 2.24) is 25.6 Å². The van der Waals surface area contributed by atoms with Gasteiger partial charge in [0.2, 0.25) is 11.8 Å². The van der Waals surface area contributed by atoms with E-state index in [9.17, 15) is 18.8 Å². The fourth-order valence-corrected chi connectivity index (χ4v) is 3.94. The summed E-state index contributed by atoms with van der Waals surface area (Å²) in [5, 5.41) is 16.0. The van der Waals surface area contributed by atoms with Gasteiger partial charge in [-0.15, -0.1) is 5.10 Å². The molecule has 0 bridgehead atoms. The molecule has 0 spiro atoms. The van der Waals surface area contributed by atoms with Crippen LogP contribution in [0.5, 0.6) is 0 Å². The first-order valence-electron chi connectivity index (χ1n) is 11.2. The summed E-state index contributed by atoms with van der Waals surface area (Å²) >= 11 is 5.82. The first-order chi connectivity index (χ1) is 16.8. The standard InChI is InChI=1S/C24H24ClFN6O3/c1-14-6-4-10-18(23(34)27-12-15-7-2-3-9-17(15)28-22(14)33)29-24(35)19-13-32(31-30-19)20-11-5-8-16(25)21(20)26/h2-3,5,7-9,11,13-14,18H,4,6,10,12H2,1H3,(H,27,34)(H,28,33)(H,29,35)/t14-,18+/m1/s1. The Morgan fingerprint density at radius 3 is 2.77 bits per heavy atom. The zero-order valence-electron chi connectivity index (χ0n) is 18.9. The monoisotopic (exact) mass is 498 g/mol. The van der Waals surface area contributed by atoms with Crippen molar-refractivity contribution in [3.8, 4) is 5.69 Å². The summed E-state index contributed by atoms with van der Waals surface area (Å²) in [5.41, 5.74) is 1.34. The van der Waals surface area contributed by atoms with Gasteiger partial charge in [-0.1, -0.05) is 54.4 Å². The van der Waals surface area contributed by atoms with Crippen LogP contribution in [-0.4, -0.2) is 38.8 Å². The van der Waals surface area contributed by atoms with Crippen LogP contribution in [0.15, 0.2) is 48.7 Å². The second-order valence-electron chi connectivity index (χ2n) is 8.34. The van der Waals surface area contributed by atoms with E-state index in [1.54, 1.807) is 12.1 Å². The topological polar surface area (TPSA) is 118 Å². The van der Waals surface area contributed by atoms with Gasteiger partial charge >= 0.3 is 0 Å². The fourth-order valence-electron chi connectivity index (χ4n) is 3.77. The Balaban J connectivity index is 1.50. The van der Waals surface area contributed by atoms with E-state index >= 15 is 0 Å². The number of halogens is 2. The minimum Gasteiger partial charge on any atom is -0.350 e. The number of para-hydroxylation sites is 1. The number of carbonyl (C=O) groups excluding carboxylic acids is 3. The Hall–Kier alpha value is -3.79. The van der Waals surface area contributed by atoms with E-state index in [2.05, 4.69) is 26.3 Å². The lowest BCUT2D eigenvalue weighted by atomic mass is 9.99. The van der Waals surface area contributed by atoms with Gasteiger partial charge < -0.3 is 16.0 Å². The Morgan fingerprint density at radius 1 is 1.14 bits per heavy atom. The summed E-state index contributed by atoms with van der Waals surface area (Å²) < 4.78 is 15.4. The number of nitrogens with one attached hydrogen (secondary N) is 3. The number of aromatic nitrogens is 3. The Kier molecular flexibility index (Phi) is 7.40. The molecule has 0 saturated heterocycles. The van der Waals surface area contributed by atoms with Crippen LogP contribution in [0.25, 0.3) is 5.69 Å². The van der Waals surface area contributed by atoms with Crippen LogP contribution < -0.4 is 16.0 Å². The zero-order chi connectivity index (χ0) is 24.9. The summed E-state index contributed by atoms with van der Waals surface area (Å²) in [7, 11) is 0. The number of benzene rings is 2. The van der Waals surface area contributed by atoms with Gasteiger partial charge in [0.05, 0.1) is 11.2 Å². The Bertz CT molecular complexity index is 1260. The van der Waals surface area contributed by atoms with Crippen LogP contribution in [0.4, 0.5) is 10.1 Å². The van der Waals surface area contributed by atoms with Crippen molar-refractivity contribution in [3.05, 3.63) is 70.8 Å². The molecule has 0 aliphatic carbocycles. The first kappa shape index (κ1) is 24.3. The minimum absolute atomic E-state index is 0.0405. The number of amides is 3. The molecule has 35 heavy (non-hydrogen) atoms. The van der Waals surface area contributed by atoms with E-state index in [4.69, 9.17) is 11.6 Å². The van der Waals surface area contributed by atoms with E-state index < -0.39 is 17.8 Å². The van der Waals surface area contributed by atoms with Gasteiger partial charge in [0.25, 0.3) is 5.91 Å². The molecule has 2 aromatic carbocycles. The molecule has 2 atom stereocenters. The summed E-state index contributed by atoms with van der Waals surface area (Å²) in [6.07, 6.45) is 2.67. The lowest BCUT2D eigenvalue weighted by Crippen LogP contribution is -2.46. The molecule has 0 fully saturated rings. The lowest BCUT2D eigenvalue weighted by molar-refractivity contribution is -0.123. The molecule has 4 rings (SSSR count). The summed E-state index contributed by atoms with van der Waals surface area (Å²) in [6, 6.07) is 10.8. The number of nitrogens with zero attached hydrogens (tertiary/aromatic N) is 3. The first-order valence-corrected chi connectivity index (χ1v) is 11.6. The van der Waals surface area contributed by atoms with Crippen molar-refractivity contribution in [1.29, 1.82) is 0 Å². The van der Waals surface area contributed by atoms with Gasteiger partial charge in [-0.05, 0) is 36.6 Å². The predicted octanol–water partition coefficient (Wildman–Crippen LogP) is 3.23. The maximum atomic E-state index is 14.3. The third-order valence-corrected chi connectivity index (χ3v) is 6.12. The molecule has 9 nitrogen and oxygen atoms in total. The second-order valence-corrected chi connectivity index (χ2v) is 8.75. The highest BCUT2D eigenvalue weighted by Crippen LogP contribution is 2.21. The third-order valence-electron chi connectivity index (χ3n) is 5.83. The summed E-state index contributed by atoms with van der Waals surface area (Å²) in [5.74, 6) is -2.05. The van der Waals surface area contributed by atoms with E-state index in [1.165, 1.54) is 18.3 Å². The molecule has 182 valence electrons. The number of hydrogen-bond donors (Lipinski definition) is 3. The number of anilines is 1. The van der Waals surface area contributed by atoms with Crippen LogP contribution in [0.2, 0.25) is 5.02 Å². The number of rotatable bonds is 3. The van der Waals surface area contributed by atoms with Crippen molar-refractivity contribution in [2.75, 3.05) is 5.32 Å². The van der Waals surface area contributed by atoms with E-state index in [0.29, 0.717) is 24.9 Å². The molecule has 0 radical (unpaired) electrons. The van der Waals surface area contributed by atoms with Gasteiger partial charge in [0.1, 0.15) is 11.7 Å². The smallest absolute Gasteiger partial charge is 0.274 e. The largest absolute Gasteiger partial charge is 0.350 e. The molecule has 1 aromatic heterocycles. The zero-order valence-corrected chi connectivity index (χ0v) is 19.7. The maximum Gasteiger partial charge on any atom is 0.274 e. The normalized spacial score (nSPS) is 18.9. The Labute approximate surface area is 206 Å². The minimum atomic E-state index is -0.850. The van der Waals surface area contributed by atoms with Crippen LogP contribution in [0.3, 0.4) is 0 Å². The average molecular weight is 499 g/mol. The molecule has 2 heterocycles. The highest BCUT2D eigenvalue weighted by Gasteiger charge is 2.25. The second kappa shape index (κ2) is 10.6. The van der Waals surface area contributed by atoms with Crippen LogP contribution in [0.1, 0.15) is 42.2 Å². The van der Waals surface area contributed by atoms with E-state index in [0.717, 1.165) is 10.2 Å².